The largest absolute Gasteiger partial charge is 0.627 e. The molecule has 0 amide bonds. The summed E-state index contributed by atoms with van der Waals surface area (Å²) in [4.78, 5) is 9.17. The number of likely N-dealkylation sites (N-methyl/N-ethyl adjacent to an activating group) is 1. The van der Waals surface area contributed by atoms with Crippen LogP contribution in [0.5, 0.6) is 5.75 Å². The highest BCUT2D eigenvalue weighted by molar-refractivity contribution is 5.62. The third kappa shape index (κ3) is 4.14. The zero-order valence-corrected chi connectivity index (χ0v) is 17.7. The summed E-state index contributed by atoms with van der Waals surface area (Å²) in [5.41, 5.74) is 2.44. The number of quaternary nitrogens is 1. The van der Waals surface area contributed by atoms with Crippen LogP contribution in [0.15, 0.2) is 59.4 Å². The Morgan fingerprint density at radius 1 is 1.10 bits per heavy atom. The van der Waals surface area contributed by atoms with Crippen LogP contribution in [-0.4, -0.2) is 67.5 Å². The van der Waals surface area contributed by atoms with Crippen LogP contribution in [0.3, 0.4) is 0 Å². The van der Waals surface area contributed by atoms with Crippen molar-refractivity contribution in [1.82, 2.24) is 19.7 Å². The van der Waals surface area contributed by atoms with Gasteiger partial charge in [-0.25, -0.2) is 4.98 Å². The van der Waals surface area contributed by atoms with Gasteiger partial charge in [0.15, 0.2) is 17.7 Å². The van der Waals surface area contributed by atoms with Gasteiger partial charge in [0.2, 0.25) is 0 Å². The van der Waals surface area contributed by atoms with Gasteiger partial charge in [-0.1, -0.05) is 5.16 Å². The predicted molar refractivity (Wildman–Crippen MR) is 120 cm³/mol. The first-order valence-corrected chi connectivity index (χ1v) is 10.8. The lowest BCUT2D eigenvalue weighted by molar-refractivity contribution is 0.210. The molecule has 0 bridgehead atoms. The molecule has 0 spiro atoms. The van der Waals surface area contributed by atoms with Crippen molar-refractivity contribution in [3.05, 3.63) is 60.1 Å². The summed E-state index contributed by atoms with van der Waals surface area (Å²) < 4.78 is 10.9. The second-order valence-electron chi connectivity index (χ2n) is 8.37. The number of nitrogens with zero attached hydrogens (tertiary/aromatic N) is 5. The van der Waals surface area contributed by atoms with Gasteiger partial charge in [0.25, 0.3) is 0 Å². The van der Waals surface area contributed by atoms with Crippen molar-refractivity contribution in [2.75, 3.05) is 51.2 Å². The van der Waals surface area contributed by atoms with Crippen molar-refractivity contribution >= 4 is 11.5 Å². The van der Waals surface area contributed by atoms with E-state index in [1.54, 1.807) is 12.5 Å². The molecule has 0 N–H and O–H groups in total. The second-order valence-corrected chi connectivity index (χ2v) is 8.37. The molecule has 2 unspecified atom stereocenters. The highest BCUT2D eigenvalue weighted by Crippen LogP contribution is 2.34. The van der Waals surface area contributed by atoms with Crippen LogP contribution in [0.2, 0.25) is 0 Å². The van der Waals surface area contributed by atoms with Gasteiger partial charge in [-0.05, 0) is 31.3 Å². The molecule has 8 nitrogen and oxygen atoms in total. The summed E-state index contributed by atoms with van der Waals surface area (Å²) >= 11 is 0. The molecule has 2 aromatic heterocycles. The number of ether oxygens (including phenoxy) is 1. The zero-order valence-electron chi connectivity index (χ0n) is 17.7. The fourth-order valence-electron chi connectivity index (χ4n) is 4.37. The number of anilines is 1. The highest BCUT2D eigenvalue weighted by Gasteiger charge is 2.35. The number of hydrogen-bond acceptors (Lipinski definition) is 7. The molecule has 3 aromatic rings. The monoisotopic (exact) mass is 421 g/mol. The highest BCUT2D eigenvalue weighted by atomic mass is 16.6. The maximum absolute atomic E-state index is 13.5. The third-order valence-corrected chi connectivity index (χ3v) is 6.23. The first-order valence-electron chi connectivity index (χ1n) is 10.8. The number of piperazine rings is 1. The van der Waals surface area contributed by atoms with Crippen LogP contribution >= 0.6 is 0 Å². The van der Waals surface area contributed by atoms with E-state index in [-0.39, 0.29) is 10.8 Å². The minimum absolute atomic E-state index is 0.136. The standard InChI is InChI=1S/C23H27N5O3/c1-26-11-13-27(14-12-26)23-22(3-2-10-24-23)31-20-8-15-28(29,17-20)19-6-4-18(5-7-19)21-9-16-30-25-21/h2-7,9-10,16,20H,8,11-15,17H2,1H3. The summed E-state index contributed by atoms with van der Waals surface area (Å²) in [6, 6.07) is 13.3. The van der Waals surface area contributed by atoms with E-state index in [1.807, 2.05) is 42.5 Å². The summed E-state index contributed by atoms with van der Waals surface area (Å²) in [5.74, 6) is 1.65. The van der Waals surface area contributed by atoms with Crippen LogP contribution in [0.4, 0.5) is 11.5 Å². The van der Waals surface area contributed by atoms with Crippen molar-refractivity contribution in [1.29, 1.82) is 0 Å². The van der Waals surface area contributed by atoms with Crippen molar-refractivity contribution in [2.24, 2.45) is 0 Å². The van der Waals surface area contributed by atoms with Crippen molar-refractivity contribution in [2.45, 2.75) is 12.5 Å². The van der Waals surface area contributed by atoms with Crippen LogP contribution in [0.1, 0.15) is 6.42 Å². The Morgan fingerprint density at radius 2 is 1.90 bits per heavy atom. The van der Waals surface area contributed by atoms with Crippen molar-refractivity contribution in [3.8, 4) is 17.0 Å². The van der Waals surface area contributed by atoms with Crippen LogP contribution in [0.25, 0.3) is 11.3 Å². The smallest absolute Gasteiger partial charge is 0.171 e. The fraction of sp³-hybridized carbons (Fsp3) is 0.391. The van der Waals surface area contributed by atoms with Gasteiger partial charge >= 0.3 is 0 Å². The SMILES string of the molecule is CN1CCN(c2ncccc2OC2CC[N+]([O-])(c3ccc(-c4ccon4)cc3)C2)CC1. The quantitative estimate of drug-likeness (QED) is 0.463. The molecule has 2 aliphatic rings. The van der Waals surface area contributed by atoms with Crippen LogP contribution in [-0.2, 0) is 0 Å². The van der Waals surface area contributed by atoms with E-state index in [9.17, 15) is 5.21 Å². The molecule has 2 atom stereocenters. The lowest BCUT2D eigenvalue weighted by Gasteiger charge is -2.38. The molecule has 31 heavy (non-hydrogen) atoms. The van der Waals surface area contributed by atoms with Gasteiger partial charge < -0.3 is 28.9 Å². The minimum atomic E-state index is -0.381. The van der Waals surface area contributed by atoms with Crippen molar-refractivity contribution < 1.29 is 9.26 Å². The Labute approximate surface area is 181 Å². The number of hydrogen-bond donors (Lipinski definition) is 0. The first-order chi connectivity index (χ1) is 15.1. The van der Waals surface area contributed by atoms with E-state index in [1.165, 1.54) is 0 Å². The zero-order chi connectivity index (χ0) is 21.3. The molecule has 5 rings (SSSR count). The lowest BCUT2D eigenvalue weighted by atomic mass is 10.1. The Kier molecular flexibility index (Phi) is 5.35. The molecule has 2 saturated heterocycles. The topological polar surface area (TPSA) is 77.7 Å². The van der Waals surface area contributed by atoms with Crippen molar-refractivity contribution in [3.63, 3.8) is 0 Å². The molecule has 0 radical (unpaired) electrons. The average Bonchev–Trinajstić information content (AvgIpc) is 3.46. The predicted octanol–water partition coefficient (Wildman–Crippen LogP) is 3.14. The minimum Gasteiger partial charge on any atom is -0.627 e. The Morgan fingerprint density at radius 3 is 2.65 bits per heavy atom. The van der Waals surface area contributed by atoms with E-state index in [2.05, 4.69) is 27.0 Å². The lowest BCUT2D eigenvalue weighted by Crippen LogP contribution is -2.45. The van der Waals surface area contributed by atoms with E-state index in [0.29, 0.717) is 19.5 Å². The molecule has 162 valence electrons. The third-order valence-electron chi connectivity index (χ3n) is 6.23. The number of benzene rings is 1. The van der Waals surface area contributed by atoms with Gasteiger partial charge in [0.1, 0.15) is 24.2 Å². The molecule has 8 heteroatoms. The first kappa shape index (κ1) is 20.0. The molecule has 0 saturated carbocycles. The molecule has 2 fully saturated rings. The summed E-state index contributed by atoms with van der Waals surface area (Å²) in [6.45, 7) is 4.75. The maximum Gasteiger partial charge on any atom is 0.171 e. The molecule has 0 aliphatic carbocycles. The van der Waals surface area contributed by atoms with Gasteiger partial charge in [0.05, 0.1) is 6.54 Å². The molecular formula is C23H27N5O3. The Hall–Kier alpha value is -2.94. The van der Waals surface area contributed by atoms with Gasteiger partial charge in [-0.2, -0.15) is 0 Å². The van der Waals surface area contributed by atoms with Gasteiger partial charge in [-0.3, -0.25) is 0 Å². The van der Waals surface area contributed by atoms with E-state index in [0.717, 1.165) is 54.7 Å². The normalized spacial score (nSPS) is 24.5. The molecule has 4 heterocycles. The molecule has 2 aliphatic heterocycles. The van der Waals surface area contributed by atoms with E-state index >= 15 is 0 Å². The van der Waals surface area contributed by atoms with Crippen LogP contribution < -0.4 is 14.3 Å². The number of rotatable bonds is 5. The average molecular weight is 422 g/mol. The fourth-order valence-corrected chi connectivity index (χ4v) is 4.37. The summed E-state index contributed by atoms with van der Waals surface area (Å²) in [7, 11) is 2.13. The summed E-state index contributed by atoms with van der Waals surface area (Å²) in [5, 5.41) is 17.5. The number of hydroxylamine groups is 2. The Bertz CT molecular complexity index is 1000. The molecule has 1 aromatic carbocycles. The summed E-state index contributed by atoms with van der Waals surface area (Å²) in [6.07, 6.45) is 3.93. The van der Waals surface area contributed by atoms with E-state index < -0.39 is 0 Å². The van der Waals surface area contributed by atoms with Gasteiger partial charge in [-0.15, -0.1) is 0 Å². The van der Waals surface area contributed by atoms with Gasteiger partial charge in [0, 0.05) is 62.6 Å². The second kappa shape index (κ2) is 8.30. The van der Waals surface area contributed by atoms with Crippen LogP contribution in [0, 0.1) is 5.21 Å². The number of pyridine rings is 1. The van der Waals surface area contributed by atoms with E-state index in [4.69, 9.17) is 9.26 Å². The number of aromatic nitrogens is 2. The Balaban J connectivity index is 1.28. The molecular weight excluding hydrogens is 394 g/mol. The maximum atomic E-state index is 13.5.